The molecule has 0 radical (unpaired) electrons. The van der Waals surface area contributed by atoms with Crippen LogP contribution in [-0.4, -0.2) is 11.5 Å². The third-order valence-corrected chi connectivity index (χ3v) is 5.89. The Labute approximate surface area is 125 Å². The van der Waals surface area contributed by atoms with E-state index >= 15 is 0 Å². The highest BCUT2D eigenvalue weighted by Gasteiger charge is 2.22. The molecule has 4 rings (SSSR count). The Kier molecular flexibility index (Phi) is 2.80. The maximum Gasteiger partial charge on any atom is 0.127 e. The quantitative estimate of drug-likeness (QED) is 0.722. The van der Waals surface area contributed by atoms with E-state index in [1.807, 2.05) is 0 Å². The zero-order valence-corrected chi connectivity index (χ0v) is 12.8. The predicted molar refractivity (Wildman–Crippen MR) is 87.5 cm³/mol. The van der Waals surface area contributed by atoms with Crippen LogP contribution in [0.2, 0.25) is 0 Å². The topological polar surface area (TPSA) is 50.9 Å². The summed E-state index contributed by atoms with van der Waals surface area (Å²) in [5, 5.41) is 5.39. The van der Waals surface area contributed by atoms with Gasteiger partial charge in [0.25, 0.3) is 0 Å². The van der Waals surface area contributed by atoms with Crippen LogP contribution in [0.15, 0.2) is 18.2 Å². The lowest BCUT2D eigenvalue weighted by atomic mass is 10.0. The number of aromatic nitrogens is 1. The van der Waals surface area contributed by atoms with Crippen molar-refractivity contribution in [2.75, 3.05) is 12.3 Å². The molecule has 0 saturated carbocycles. The van der Waals surface area contributed by atoms with Gasteiger partial charge in [-0.05, 0) is 37.1 Å². The number of benzene rings is 1. The van der Waals surface area contributed by atoms with Crippen LogP contribution in [0.1, 0.15) is 16.0 Å². The van der Waals surface area contributed by atoms with Gasteiger partial charge in [0.1, 0.15) is 5.01 Å². The number of nitrogens with one attached hydrogen (secondary N) is 1. The van der Waals surface area contributed by atoms with E-state index in [4.69, 9.17) is 10.7 Å². The molecule has 1 aromatic carbocycles. The zero-order valence-electron chi connectivity index (χ0n) is 11.2. The second-order valence-electron chi connectivity index (χ2n) is 5.11. The van der Waals surface area contributed by atoms with Gasteiger partial charge in [-0.3, -0.25) is 0 Å². The summed E-state index contributed by atoms with van der Waals surface area (Å²) in [6, 6.07) is 6.35. The SMILES string of the molecule is Cc1cccc2sc(-c3c(N)sc4c3CCNC4)nc12. The molecule has 1 aliphatic rings. The van der Waals surface area contributed by atoms with Crippen molar-refractivity contribution in [1.82, 2.24) is 10.3 Å². The highest BCUT2D eigenvalue weighted by Crippen LogP contribution is 2.43. The summed E-state index contributed by atoms with van der Waals surface area (Å²) in [6.07, 6.45) is 1.05. The minimum atomic E-state index is 0.912. The lowest BCUT2D eigenvalue weighted by molar-refractivity contribution is 0.655. The number of fused-ring (bicyclic) bond motifs is 2. The van der Waals surface area contributed by atoms with Gasteiger partial charge in [-0.15, -0.1) is 22.7 Å². The summed E-state index contributed by atoms with van der Waals surface area (Å²) in [5.74, 6) is 0. The van der Waals surface area contributed by atoms with Crippen molar-refractivity contribution < 1.29 is 0 Å². The van der Waals surface area contributed by atoms with Crippen LogP contribution < -0.4 is 11.1 Å². The first-order chi connectivity index (χ1) is 9.74. The van der Waals surface area contributed by atoms with Gasteiger partial charge < -0.3 is 11.1 Å². The molecule has 3 N–H and O–H groups in total. The fraction of sp³-hybridized carbons (Fsp3) is 0.267. The molecule has 0 amide bonds. The first-order valence-electron chi connectivity index (χ1n) is 6.71. The number of thiophene rings is 1. The van der Waals surface area contributed by atoms with E-state index in [1.54, 1.807) is 22.7 Å². The Morgan fingerprint density at radius 1 is 1.30 bits per heavy atom. The molecule has 0 unspecified atom stereocenters. The number of nitrogens with two attached hydrogens (primary N) is 1. The third kappa shape index (κ3) is 1.78. The molecule has 3 nitrogen and oxygen atoms in total. The molecule has 0 aliphatic carbocycles. The number of para-hydroxylation sites is 1. The van der Waals surface area contributed by atoms with E-state index in [2.05, 4.69) is 30.4 Å². The number of thiazole rings is 1. The minimum absolute atomic E-state index is 0.912. The van der Waals surface area contributed by atoms with Crippen LogP contribution in [-0.2, 0) is 13.0 Å². The summed E-state index contributed by atoms with van der Waals surface area (Å²) >= 11 is 3.46. The number of hydrogen-bond donors (Lipinski definition) is 2. The summed E-state index contributed by atoms with van der Waals surface area (Å²) in [5.41, 5.74) is 11.2. The predicted octanol–water partition coefficient (Wildman–Crippen LogP) is 3.56. The maximum atomic E-state index is 6.27. The van der Waals surface area contributed by atoms with E-state index in [0.717, 1.165) is 35.0 Å². The van der Waals surface area contributed by atoms with E-state index in [9.17, 15) is 0 Å². The number of hydrogen-bond acceptors (Lipinski definition) is 5. The van der Waals surface area contributed by atoms with Crippen LogP contribution in [0.25, 0.3) is 20.8 Å². The van der Waals surface area contributed by atoms with Gasteiger partial charge in [0.15, 0.2) is 0 Å². The summed E-state index contributed by atoms with van der Waals surface area (Å²) in [4.78, 5) is 6.22. The van der Waals surface area contributed by atoms with Crippen molar-refractivity contribution in [2.24, 2.45) is 0 Å². The smallest absolute Gasteiger partial charge is 0.127 e. The van der Waals surface area contributed by atoms with Gasteiger partial charge in [0.05, 0.1) is 15.2 Å². The number of anilines is 1. The van der Waals surface area contributed by atoms with Gasteiger partial charge in [-0.25, -0.2) is 4.98 Å². The average Bonchev–Trinajstić information content (AvgIpc) is 2.99. The van der Waals surface area contributed by atoms with Crippen molar-refractivity contribution in [2.45, 2.75) is 19.9 Å². The van der Waals surface area contributed by atoms with E-state index < -0.39 is 0 Å². The molecule has 0 fully saturated rings. The highest BCUT2D eigenvalue weighted by molar-refractivity contribution is 7.22. The van der Waals surface area contributed by atoms with Crippen molar-refractivity contribution >= 4 is 37.9 Å². The Morgan fingerprint density at radius 2 is 2.20 bits per heavy atom. The molecule has 102 valence electrons. The van der Waals surface area contributed by atoms with E-state index in [0.29, 0.717) is 0 Å². The molecular weight excluding hydrogens is 286 g/mol. The minimum Gasteiger partial charge on any atom is -0.390 e. The largest absolute Gasteiger partial charge is 0.390 e. The summed E-state index contributed by atoms with van der Waals surface area (Å²) < 4.78 is 1.24. The Hall–Kier alpha value is -1.43. The summed E-state index contributed by atoms with van der Waals surface area (Å²) in [6.45, 7) is 4.08. The normalized spacial score (nSPS) is 14.7. The molecule has 3 aromatic rings. The molecular formula is C15H15N3S2. The van der Waals surface area contributed by atoms with Gasteiger partial charge >= 0.3 is 0 Å². The molecule has 2 aromatic heterocycles. The highest BCUT2D eigenvalue weighted by atomic mass is 32.1. The molecule has 0 bridgehead atoms. The number of aryl methyl sites for hydroxylation is 1. The molecule has 3 heterocycles. The fourth-order valence-corrected chi connectivity index (χ4v) is 5.07. The van der Waals surface area contributed by atoms with Crippen molar-refractivity contribution in [3.8, 4) is 10.6 Å². The second-order valence-corrected chi connectivity index (χ2v) is 7.28. The number of nitrogens with zero attached hydrogens (tertiary/aromatic N) is 1. The number of rotatable bonds is 1. The number of nitrogen functional groups attached to an aromatic ring is 1. The maximum absolute atomic E-state index is 6.27. The standard InChI is InChI=1S/C15H15N3S2/c1-8-3-2-4-10-13(8)18-15(20-10)12-9-5-6-17-7-11(9)19-14(12)16/h2-4,17H,5-7,16H2,1H3. The zero-order chi connectivity index (χ0) is 13.7. The first-order valence-corrected chi connectivity index (χ1v) is 8.34. The van der Waals surface area contributed by atoms with Crippen LogP contribution in [0.4, 0.5) is 5.00 Å². The molecule has 20 heavy (non-hydrogen) atoms. The van der Waals surface area contributed by atoms with Gasteiger partial charge in [-0.1, -0.05) is 12.1 Å². The van der Waals surface area contributed by atoms with Crippen molar-refractivity contribution in [1.29, 1.82) is 0 Å². The first kappa shape index (κ1) is 12.3. The molecule has 1 aliphatic heterocycles. The Bertz CT molecular complexity index is 801. The Morgan fingerprint density at radius 3 is 3.05 bits per heavy atom. The average molecular weight is 301 g/mol. The van der Waals surface area contributed by atoms with Gasteiger partial charge in [0.2, 0.25) is 0 Å². The Balaban J connectivity index is 1.95. The molecule has 0 saturated heterocycles. The lowest BCUT2D eigenvalue weighted by Gasteiger charge is -2.13. The van der Waals surface area contributed by atoms with Crippen LogP contribution in [0, 0.1) is 6.92 Å². The van der Waals surface area contributed by atoms with Gasteiger partial charge in [0, 0.05) is 17.0 Å². The van der Waals surface area contributed by atoms with Crippen LogP contribution >= 0.6 is 22.7 Å². The third-order valence-electron chi connectivity index (χ3n) is 3.79. The molecule has 5 heteroatoms. The monoisotopic (exact) mass is 301 g/mol. The molecule has 0 atom stereocenters. The second kappa shape index (κ2) is 4.55. The molecule has 0 spiro atoms. The lowest BCUT2D eigenvalue weighted by Crippen LogP contribution is -2.22. The summed E-state index contributed by atoms with van der Waals surface area (Å²) in [7, 11) is 0. The van der Waals surface area contributed by atoms with Crippen LogP contribution in [0.5, 0.6) is 0 Å². The fourth-order valence-electron chi connectivity index (χ4n) is 2.78. The van der Waals surface area contributed by atoms with Crippen LogP contribution in [0.3, 0.4) is 0 Å². The van der Waals surface area contributed by atoms with Crippen molar-refractivity contribution in [3.63, 3.8) is 0 Å². The van der Waals surface area contributed by atoms with E-state index in [1.165, 1.54) is 26.3 Å². The van der Waals surface area contributed by atoms with E-state index in [-0.39, 0.29) is 0 Å². The van der Waals surface area contributed by atoms with Gasteiger partial charge in [-0.2, -0.15) is 0 Å². The van der Waals surface area contributed by atoms with Crippen molar-refractivity contribution in [3.05, 3.63) is 34.2 Å².